The number of thiophene rings is 1. The molecule has 0 aromatic carbocycles. The molecule has 0 bridgehead atoms. The Morgan fingerprint density at radius 2 is 1.73 bits per heavy atom. The normalized spacial score (nSPS) is 26.4. The third kappa shape index (κ3) is 6.65. The molecule has 0 unspecified atom stereocenters. The average molecular weight is 529 g/mol. The molecular formula is C30H44N2O4S. The minimum absolute atomic E-state index is 0.00249. The largest absolute Gasteiger partial charge is 0.465 e. The number of nitrogens with zero attached hydrogens (tertiary/aromatic N) is 1. The second-order valence-electron chi connectivity index (χ2n) is 11.6. The highest BCUT2D eigenvalue weighted by molar-refractivity contribution is 7.15. The molecule has 2 fully saturated rings. The zero-order chi connectivity index (χ0) is 26.5. The van der Waals surface area contributed by atoms with Gasteiger partial charge in [0.05, 0.1) is 12.8 Å². The van der Waals surface area contributed by atoms with Crippen LogP contribution in [-0.2, 0) is 14.3 Å². The van der Waals surface area contributed by atoms with Crippen molar-refractivity contribution in [3.8, 4) is 0 Å². The Balaban J connectivity index is 1.64. The Morgan fingerprint density at radius 3 is 2.32 bits per heavy atom. The van der Waals surface area contributed by atoms with Crippen molar-refractivity contribution >= 4 is 40.4 Å². The summed E-state index contributed by atoms with van der Waals surface area (Å²) in [6.07, 6.45) is 14.0. The van der Waals surface area contributed by atoms with E-state index in [-0.39, 0.29) is 41.7 Å². The number of allylic oxidation sites excluding steroid dienone is 2. The van der Waals surface area contributed by atoms with Crippen molar-refractivity contribution in [1.82, 2.24) is 5.32 Å². The maximum Gasteiger partial charge on any atom is 0.350 e. The summed E-state index contributed by atoms with van der Waals surface area (Å²) in [5, 5.41) is 3.18. The van der Waals surface area contributed by atoms with E-state index in [2.05, 4.69) is 24.4 Å². The van der Waals surface area contributed by atoms with Crippen molar-refractivity contribution < 1.29 is 19.1 Å². The number of amides is 2. The first-order chi connectivity index (χ1) is 17.8. The van der Waals surface area contributed by atoms with Gasteiger partial charge in [-0.3, -0.25) is 9.59 Å². The van der Waals surface area contributed by atoms with Crippen LogP contribution in [0, 0.1) is 17.8 Å². The second kappa shape index (κ2) is 12.6. The number of hydrogen-bond donors (Lipinski definition) is 1. The van der Waals surface area contributed by atoms with Crippen molar-refractivity contribution in [1.29, 1.82) is 0 Å². The third-order valence-electron chi connectivity index (χ3n) is 8.49. The lowest BCUT2D eigenvalue weighted by atomic mass is 9.81. The topological polar surface area (TPSA) is 75.7 Å². The van der Waals surface area contributed by atoms with E-state index in [0.29, 0.717) is 10.8 Å². The molecule has 7 heteroatoms. The van der Waals surface area contributed by atoms with Gasteiger partial charge in [-0.15, -0.1) is 11.3 Å². The molecule has 1 aromatic rings. The summed E-state index contributed by atoms with van der Waals surface area (Å²) in [4.78, 5) is 43.0. The van der Waals surface area contributed by atoms with Gasteiger partial charge < -0.3 is 15.0 Å². The fraction of sp³-hybridized carbons (Fsp3) is 0.700. The molecule has 0 spiro atoms. The first-order valence-corrected chi connectivity index (χ1v) is 15.1. The van der Waals surface area contributed by atoms with Crippen LogP contribution in [0.1, 0.15) is 112 Å². The molecule has 0 radical (unpaired) electrons. The van der Waals surface area contributed by atoms with Crippen LogP contribution < -0.4 is 10.2 Å². The van der Waals surface area contributed by atoms with Crippen molar-refractivity contribution in [3.05, 3.63) is 21.9 Å². The Morgan fingerprint density at radius 1 is 1.03 bits per heavy atom. The van der Waals surface area contributed by atoms with Crippen molar-refractivity contribution in [2.75, 3.05) is 12.0 Å². The zero-order valence-electron chi connectivity index (χ0n) is 23.0. The highest BCUT2D eigenvalue weighted by Gasteiger charge is 2.38. The van der Waals surface area contributed by atoms with E-state index < -0.39 is 0 Å². The molecule has 204 valence electrons. The standard InChI is InChI=1S/C30H44N2O4S/c1-19(2)28(33)31-23-14-16-24(17-15-23)32(29(34)22-12-10-20(3)11-13-22)25-18-26(21-8-6-5-7-9-21)37-27(25)30(35)36-4/h8,18-20,22-24H,5-7,9-17H2,1-4H3,(H,31,33)/t20-,22-,23?,24?. The Labute approximate surface area is 226 Å². The fourth-order valence-electron chi connectivity index (χ4n) is 6.06. The maximum absolute atomic E-state index is 14.2. The smallest absolute Gasteiger partial charge is 0.350 e. The Hall–Kier alpha value is -2.15. The number of carbonyl (C=O) groups is 3. The Bertz CT molecular complexity index is 997. The van der Waals surface area contributed by atoms with Crippen molar-refractivity contribution in [2.24, 2.45) is 17.8 Å². The predicted molar refractivity (Wildman–Crippen MR) is 150 cm³/mol. The molecule has 4 rings (SSSR count). The molecule has 1 N–H and O–H groups in total. The molecule has 1 heterocycles. The third-order valence-corrected chi connectivity index (χ3v) is 9.67. The molecule has 0 aliphatic heterocycles. The van der Waals surface area contributed by atoms with Crippen LogP contribution in [0.25, 0.3) is 5.57 Å². The molecule has 3 aliphatic carbocycles. The maximum atomic E-state index is 14.2. The lowest BCUT2D eigenvalue weighted by molar-refractivity contribution is -0.126. The van der Waals surface area contributed by atoms with E-state index in [9.17, 15) is 14.4 Å². The highest BCUT2D eigenvalue weighted by Crippen LogP contribution is 2.42. The van der Waals surface area contributed by atoms with Crippen LogP contribution in [0.2, 0.25) is 0 Å². The Kier molecular flexibility index (Phi) is 9.49. The summed E-state index contributed by atoms with van der Waals surface area (Å²) in [5.74, 6) is 0.505. The number of ether oxygens (including phenoxy) is 1. The quantitative estimate of drug-likeness (QED) is 0.398. The minimum atomic E-state index is -0.365. The molecule has 1 aromatic heterocycles. The lowest BCUT2D eigenvalue weighted by Crippen LogP contribution is -2.49. The van der Waals surface area contributed by atoms with Gasteiger partial charge in [-0.1, -0.05) is 26.8 Å². The average Bonchev–Trinajstić information content (AvgIpc) is 3.35. The van der Waals surface area contributed by atoms with Crippen LogP contribution in [0.4, 0.5) is 5.69 Å². The van der Waals surface area contributed by atoms with E-state index in [1.807, 2.05) is 18.7 Å². The van der Waals surface area contributed by atoms with E-state index in [4.69, 9.17) is 4.74 Å². The first-order valence-electron chi connectivity index (χ1n) is 14.3. The summed E-state index contributed by atoms with van der Waals surface area (Å²) < 4.78 is 5.20. The molecule has 2 amide bonds. The van der Waals surface area contributed by atoms with E-state index in [1.54, 1.807) is 0 Å². The summed E-state index contributed by atoms with van der Waals surface area (Å²) in [5.41, 5.74) is 2.02. The first kappa shape index (κ1) is 27.9. The lowest BCUT2D eigenvalue weighted by Gasteiger charge is -2.39. The van der Waals surface area contributed by atoms with Crippen molar-refractivity contribution in [3.63, 3.8) is 0 Å². The number of anilines is 1. The van der Waals surface area contributed by atoms with Gasteiger partial charge in [0.2, 0.25) is 11.8 Å². The molecule has 0 atom stereocenters. The van der Waals surface area contributed by atoms with Gasteiger partial charge in [0.15, 0.2) is 0 Å². The van der Waals surface area contributed by atoms with Crippen LogP contribution in [0.3, 0.4) is 0 Å². The van der Waals surface area contributed by atoms with E-state index in [0.717, 1.165) is 81.2 Å². The predicted octanol–water partition coefficient (Wildman–Crippen LogP) is 6.73. The van der Waals surface area contributed by atoms with Crippen LogP contribution >= 0.6 is 11.3 Å². The monoisotopic (exact) mass is 528 g/mol. The number of rotatable bonds is 7. The molecule has 6 nitrogen and oxygen atoms in total. The van der Waals surface area contributed by atoms with E-state index >= 15 is 0 Å². The minimum Gasteiger partial charge on any atom is -0.465 e. The van der Waals surface area contributed by atoms with Gasteiger partial charge in [0, 0.05) is 28.8 Å². The number of carbonyl (C=O) groups excluding carboxylic acids is 3. The molecule has 3 aliphatic rings. The van der Waals surface area contributed by atoms with E-state index in [1.165, 1.54) is 30.4 Å². The van der Waals surface area contributed by atoms with Gasteiger partial charge >= 0.3 is 5.97 Å². The fourth-order valence-corrected chi connectivity index (χ4v) is 7.20. The number of hydrogen-bond acceptors (Lipinski definition) is 5. The van der Waals surface area contributed by atoms with Gasteiger partial charge in [-0.2, -0.15) is 0 Å². The van der Waals surface area contributed by atoms with Gasteiger partial charge in [-0.05, 0) is 94.6 Å². The molecule has 2 saturated carbocycles. The van der Waals surface area contributed by atoms with Gasteiger partial charge in [-0.25, -0.2) is 4.79 Å². The number of nitrogens with one attached hydrogen (secondary N) is 1. The SMILES string of the molecule is COC(=O)c1sc(C2=CCCCC2)cc1N(C(=O)[C@H]1CC[C@H](C)CC1)C1CCC(NC(=O)C(C)C)CC1. The number of methoxy groups -OCH3 is 1. The molecule has 0 saturated heterocycles. The second-order valence-corrected chi connectivity index (χ2v) is 12.7. The summed E-state index contributed by atoms with van der Waals surface area (Å²) in [6, 6.07) is 2.25. The van der Waals surface area contributed by atoms with Crippen LogP contribution in [0.15, 0.2) is 12.1 Å². The van der Waals surface area contributed by atoms with Gasteiger partial charge in [0.1, 0.15) is 4.88 Å². The zero-order valence-corrected chi connectivity index (χ0v) is 23.8. The number of esters is 1. The molecular weight excluding hydrogens is 484 g/mol. The van der Waals surface area contributed by atoms with Crippen LogP contribution in [-0.4, -0.2) is 37.0 Å². The summed E-state index contributed by atoms with van der Waals surface area (Å²) in [6.45, 7) is 6.09. The summed E-state index contributed by atoms with van der Waals surface area (Å²) >= 11 is 1.47. The van der Waals surface area contributed by atoms with Crippen molar-refractivity contribution in [2.45, 2.75) is 110 Å². The highest BCUT2D eigenvalue weighted by atomic mass is 32.1. The van der Waals surface area contributed by atoms with Crippen LogP contribution in [0.5, 0.6) is 0 Å². The van der Waals surface area contributed by atoms with Gasteiger partial charge in [0.25, 0.3) is 0 Å². The molecule has 37 heavy (non-hydrogen) atoms. The summed E-state index contributed by atoms with van der Waals surface area (Å²) in [7, 11) is 1.42.